The highest BCUT2D eigenvalue weighted by Gasteiger charge is 2.24. The first-order chi connectivity index (χ1) is 14.4. The van der Waals surface area contributed by atoms with Crippen molar-refractivity contribution in [2.75, 3.05) is 5.32 Å². The van der Waals surface area contributed by atoms with Crippen LogP contribution in [-0.4, -0.2) is 29.9 Å². The molecule has 0 radical (unpaired) electrons. The van der Waals surface area contributed by atoms with Crippen LogP contribution >= 0.6 is 0 Å². The van der Waals surface area contributed by atoms with Crippen molar-refractivity contribution in [2.45, 2.75) is 66.0 Å². The van der Waals surface area contributed by atoms with Crippen molar-refractivity contribution in [3.05, 3.63) is 64.7 Å². The summed E-state index contributed by atoms with van der Waals surface area (Å²) in [6, 6.07) is 12.1. The van der Waals surface area contributed by atoms with E-state index in [0.717, 1.165) is 16.7 Å². The van der Waals surface area contributed by atoms with Gasteiger partial charge in [0.15, 0.2) is 6.10 Å². The summed E-state index contributed by atoms with van der Waals surface area (Å²) in [7, 11) is 0. The van der Waals surface area contributed by atoms with Gasteiger partial charge in [-0.25, -0.2) is 4.79 Å². The average molecular weight is 425 g/mol. The summed E-state index contributed by atoms with van der Waals surface area (Å²) in [5.74, 6) is -1.48. The number of nitrogens with one attached hydrogen (secondary N) is 2. The number of para-hydroxylation sites is 1. The summed E-state index contributed by atoms with van der Waals surface area (Å²) < 4.78 is 5.26. The standard InChI is InChI=1S/C25H32N2O4/c1-15-9-8-10-16(2)21(15)27-22(28)18(4)31-24(30)17(3)26-23(29)19-11-13-20(14-12-19)25(5,6)7/h8-14,17-18H,1-7H3,(H,26,29)(H,27,28)/t17-,18-/m0/s1. The third kappa shape index (κ3) is 6.41. The number of ether oxygens (including phenoxy) is 1. The van der Waals surface area contributed by atoms with Gasteiger partial charge in [-0.1, -0.05) is 51.1 Å². The zero-order valence-corrected chi connectivity index (χ0v) is 19.3. The van der Waals surface area contributed by atoms with E-state index in [2.05, 4.69) is 31.4 Å². The van der Waals surface area contributed by atoms with Crippen molar-refractivity contribution in [2.24, 2.45) is 0 Å². The molecule has 31 heavy (non-hydrogen) atoms. The molecule has 0 aliphatic carbocycles. The van der Waals surface area contributed by atoms with Crippen LogP contribution in [0.2, 0.25) is 0 Å². The van der Waals surface area contributed by atoms with E-state index in [-0.39, 0.29) is 11.3 Å². The van der Waals surface area contributed by atoms with Gasteiger partial charge in [-0.2, -0.15) is 0 Å². The highest BCUT2D eigenvalue weighted by molar-refractivity contribution is 5.98. The molecule has 0 spiro atoms. The molecule has 0 aliphatic rings. The molecule has 6 heteroatoms. The molecule has 0 unspecified atom stereocenters. The molecule has 166 valence electrons. The number of benzene rings is 2. The molecule has 2 aromatic carbocycles. The van der Waals surface area contributed by atoms with Gasteiger partial charge in [0.1, 0.15) is 6.04 Å². The molecule has 0 bridgehead atoms. The van der Waals surface area contributed by atoms with Gasteiger partial charge in [-0.05, 0) is 61.9 Å². The second-order valence-electron chi connectivity index (χ2n) is 8.86. The second kappa shape index (κ2) is 9.77. The predicted molar refractivity (Wildman–Crippen MR) is 122 cm³/mol. The Morgan fingerprint density at radius 1 is 0.903 bits per heavy atom. The van der Waals surface area contributed by atoms with E-state index < -0.39 is 24.0 Å². The summed E-state index contributed by atoms with van der Waals surface area (Å²) in [6.45, 7) is 13.1. The Bertz CT molecular complexity index is 938. The molecule has 2 rings (SSSR count). The minimum atomic E-state index is -1.00. The molecule has 0 aromatic heterocycles. The zero-order chi connectivity index (χ0) is 23.3. The maximum Gasteiger partial charge on any atom is 0.329 e. The highest BCUT2D eigenvalue weighted by Crippen LogP contribution is 2.22. The van der Waals surface area contributed by atoms with Crippen LogP contribution < -0.4 is 10.6 Å². The summed E-state index contributed by atoms with van der Waals surface area (Å²) in [5.41, 5.74) is 4.10. The Morgan fingerprint density at radius 3 is 1.97 bits per heavy atom. The van der Waals surface area contributed by atoms with Crippen LogP contribution in [0.1, 0.15) is 61.7 Å². The zero-order valence-electron chi connectivity index (χ0n) is 19.3. The van der Waals surface area contributed by atoms with E-state index in [0.29, 0.717) is 11.3 Å². The molecular weight excluding hydrogens is 392 g/mol. The van der Waals surface area contributed by atoms with Gasteiger partial charge in [0.05, 0.1) is 0 Å². The Kier molecular flexibility index (Phi) is 7.60. The molecule has 0 fully saturated rings. The smallest absolute Gasteiger partial charge is 0.329 e. The third-order valence-electron chi connectivity index (χ3n) is 5.11. The molecule has 0 saturated carbocycles. The lowest BCUT2D eigenvalue weighted by molar-refractivity contribution is -0.154. The van der Waals surface area contributed by atoms with Gasteiger partial charge in [0.25, 0.3) is 11.8 Å². The summed E-state index contributed by atoms with van der Waals surface area (Å²) in [6.07, 6.45) is -1.00. The molecule has 0 aliphatic heterocycles. The van der Waals surface area contributed by atoms with Gasteiger partial charge in [-0.15, -0.1) is 0 Å². The molecule has 0 saturated heterocycles. The first-order valence-electron chi connectivity index (χ1n) is 10.4. The Hall–Kier alpha value is -3.15. The predicted octanol–water partition coefficient (Wildman–Crippen LogP) is 4.29. The fourth-order valence-electron chi connectivity index (χ4n) is 3.03. The lowest BCUT2D eigenvalue weighted by atomic mass is 9.86. The van der Waals surface area contributed by atoms with Crippen LogP contribution in [0.25, 0.3) is 0 Å². The van der Waals surface area contributed by atoms with Crippen molar-refractivity contribution < 1.29 is 19.1 Å². The molecule has 2 N–H and O–H groups in total. The van der Waals surface area contributed by atoms with Crippen LogP contribution in [0.4, 0.5) is 5.69 Å². The van der Waals surface area contributed by atoms with Gasteiger partial charge < -0.3 is 15.4 Å². The minimum Gasteiger partial charge on any atom is -0.451 e. The number of aryl methyl sites for hydroxylation is 2. The van der Waals surface area contributed by atoms with E-state index in [9.17, 15) is 14.4 Å². The van der Waals surface area contributed by atoms with Crippen molar-refractivity contribution >= 4 is 23.5 Å². The van der Waals surface area contributed by atoms with Crippen LogP contribution in [-0.2, 0) is 19.7 Å². The summed E-state index contributed by atoms with van der Waals surface area (Å²) in [5, 5.41) is 5.42. The van der Waals surface area contributed by atoms with E-state index >= 15 is 0 Å². The number of hydrogen-bond acceptors (Lipinski definition) is 4. The van der Waals surface area contributed by atoms with Crippen molar-refractivity contribution in [3.63, 3.8) is 0 Å². The summed E-state index contributed by atoms with van der Waals surface area (Å²) in [4.78, 5) is 37.3. The molecule has 2 aromatic rings. The minimum absolute atomic E-state index is 0.0142. The van der Waals surface area contributed by atoms with E-state index in [1.54, 1.807) is 12.1 Å². The van der Waals surface area contributed by atoms with E-state index in [1.807, 2.05) is 44.2 Å². The van der Waals surface area contributed by atoms with Crippen molar-refractivity contribution in [1.82, 2.24) is 5.32 Å². The first kappa shape index (κ1) is 24.1. The highest BCUT2D eigenvalue weighted by atomic mass is 16.5. The van der Waals surface area contributed by atoms with Gasteiger partial charge in [0.2, 0.25) is 0 Å². The maximum atomic E-state index is 12.5. The SMILES string of the molecule is Cc1cccc(C)c1NC(=O)[C@H](C)OC(=O)[C@H](C)NC(=O)c1ccc(C(C)(C)C)cc1. The van der Waals surface area contributed by atoms with Crippen LogP contribution in [0.3, 0.4) is 0 Å². The van der Waals surface area contributed by atoms with E-state index in [4.69, 9.17) is 4.74 Å². The number of esters is 1. The molecule has 2 atom stereocenters. The Morgan fingerprint density at radius 2 is 1.45 bits per heavy atom. The lowest BCUT2D eigenvalue weighted by Gasteiger charge is -2.20. The summed E-state index contributed by atoms with van der Waals surface area (Å²) >= 11 is 0. The third-order valence-corrected chi connectivity index (χ3v) is 5.11. The topological polar surface area (TPSA) is 84.5 Å². The lowest BCUT2D eigenvalue weighted by Crippen LogP contribution is -2.42. The second-order valence-corrected chi connectivity index (χ2v) is 8.86. The maximum absolute atomic E-state index is 12.5. The fourth-order valence-corrected chi connectivity index (χ4v) is 3.03. The number of carbonyl (C=O) groups excluding carboxylic acids is 3. The average Bonchev–Trinajstić information content (AvgIpc) is 2.69. The fraction of sp³-hybridized carbons (Fsp3) is 0.400. The van der Waals surface area contributed by atoms with Crippen molar-refractivity contribution in [3.8, 4) is 0 Å². The van der Waals surface area contributed by atoms with Crippen molar-refractivity contribution in [1.29, 1.82) is 0 Å². The van der Waals surface area contributed by atoms with Crippen LogP contribution in [0.5, 0.6) is 0 Å². The Labute approximate surface area is 184 Å². The van der Waals surface area contributed by atoms with E-state index in [1.165, 1.54) is 13.8 Å². The number of anilines is 1. The number of carbonyl (C=O) groups is 3. The number of rotatable bonds is 6. The monoisotopic (exact) mass is 424 g/mol. The Balaban J connectivity index is 1.93. The molecule has 0 heterocycles. The number of hydrogen-bond donors (Lipinski definition) is 2. The number of amides is 2. The molecule has 6 nitrogen and oxygen atoms in total. The molecule has 2 amide bonds. The first-order valence-corrected chi connectivity index (χ1v) is 10.4. The normalized spacial score (nSPS) is 13.1. The van der Waals surface area contributed by atoms with Gasteiger partial charge in [0, 0.05) is 11.3 Å². The van der Waals surface area contributed by atoms with Gasteiger partial charge in [-0.3, -0.25) is 9.59 Å². The van der Waals surface area contributed by atoms with Gasteiger partial charge >= 0.3 is 5.97 Å². The largest absolute Gasteiger partial charge is 0.451 e. The van der Waals surface area contributed by atoms with Crippen LogP contribution in [0.15, 0.2) is 42.5 Å². The quantitative estimate of drug-likeness (QED) is 0.678. The molecular formula is C25H32N2O4. The van der Waals surface area contributed by atoms with Crippen LogP contribution in [0, 0.1) is 13.8 Å².